The Bertz CT molecular complexity index is 576. The van der Waals surface area contributed by atoms with Crippen LogP contribution in [0.5, 0.6) is 0 Å². The van der Waals surface area contributed by atoms with E-state index in [2.05, 4.69) is 85.6 Å². The van der Waals surface area contributed by atoms with Crippen molar-refractivity contribution in [1.29, 1.82) is 0 Å². The Morgan fingerprint density at radius 2 is 1.79 bits per heavy atom. The molecule has 0 radical (unpaired) electrons. The molecule has 2 unspecified atom stereocenters. The summed E-state index contributed by atoms with van der Waals surface area (Å²) in [5.74, 6) is 1.45. The second-order valence-corrected chi connectivity index (χ2v) is 7.95. The molecule has 1 heterocycles. The standard InChI is InChI=1S/C22H39N5O.HI/c1-6-23-22(24-16-20(18(2)3)27-12-14-28-15-13-27)25-17-21(26(4)5)19-10-8-7-9-11-19;/h7-11,18,20-21H,6,12-17H2,1-5H3,(H2,23,24,25);1H. The molecule has 29 heavy (non-hydrogen) atoms. The number of guanidine groups is 1. The molecule has 1 fully saturated rings. The van der Waals surface area contributed by atoms with Gasteiger partial charge < -0.3 is 20.3 Å². The Morgan fingerprint density at radius 3 is 2.34 bits per heavy atom. The van der Waals surface area contributed by atoms with Crippen LogP contribution >= 0.6 is 24.0 Å². The van der Waals surface area contributed by atoms with E-state index in [1.54, 1.807) is 0 Å². The van der Waals surface area contributed by atoms with E-state index in [1.807, 2.05) is 0 Å². The molecule has 2 atom stereocenters. The molecule has 2 rings (SSSR count). The van der Waals surface area contributed by atoms with Gasteiger partial charge in [-0.15, -0.1) is 24.0 Å². The maximum absolute atomic E-state index is 5.52. The lowest BCUT2D eigenvalue weighted by atomic mass is 10.0. The number of hydrogen-bond acceptors (Lipinski definition) is 4. The van der Waals surface area contributed by atoms with Crippen LogP contribution in [0.1, 0.15) is 32.4 Å². The first kappa shape index (κ1) is 26.1. The Balaban J connectivity index is 0.00000420. The molecule has 0 amide bonds. The quantitative estimate of drug-likeness (QED) is 0.300. The number of halogens is 1. The highest BCUT2D eigenvalue weighted by molar-refractivity contribution is 14.0. The van der Waals surface area contributed by atoms with Gasteiger partial charge in [0.1, 0.15) is 0 Å². The highest BCUT2D eigenvalue weighted by Gasteiger charge is 2.23. The molecule has 1 aliphatic rings. The summed E-state index contributed by atoms with van der Waals surface area (Å²) in [7, 11) is 4.24. The van der Waals surface area contributed by atoms with Crippen molar-refractivity contribution >= 4 is 29.9 Å². The normalized spacial score (nSPS) is 17.7. The number of aliphatic imine (C=N–C) groups is 1. The first-order valence-corrected chi connectivity index (χ1v) is 10.6. The average Bonchev–Trinajstić information content (AvgIpc) is 2.69. The van der Waals surface area contributed by atoms with Crippen LogP contribution < -0.4 is 10.6 Å². The molecule has 0 aliphatic carbocycles. The Hall–Kier alpha value is -0.900. The van der Waals surface area contributed by atoms with E-state index in [-0.39, 0.29) is 24.0 Å². The van der Waals surface area contributed by atoms with Crippen LogP contribution in [-0.2, 0) is 4.74 Å². The van der Waals surface area contributed by atoms with Crippen molar-refractivity contribution < 1.29 is 4.74 Å². The van der Waals surface area contributed by atoms with E-state index in [0.29, 0.717) is 18.0 Å². The fraction of sp³-hybridized carbons (Fsp3) is 0.682. The largest absolute Gasteiger partial charge is 0.379 e. The third kappa shape index (κ3) is 8.78. The molecule has 1 saturated heterocycles. The number of nitrogens with zero attached hydrogens (tertiary/aromatic N) is 3. The van der Waals surface area contributed by atoms with E-state index in [0.717, 1.165) is 51.9 Å². The van der Waals surface area contributed by atoms with Crippen LogP contribution in [-0.4, -0.2) is 81.8 Å². The zero-order valence-electron chi connectivity index (χ0n) is 18.7. The maximum atomic E-state index is 5.52. The van der Waals surface area contributed by atoms with E-state index < -0.39 is 0 Å². The summed E-state index contributed by atoms with van der Waals surface area (Å²) in [6.07, 6.45) is 0. The summed E-state index contributed by atoms with van der Waals surface area (Å²) in [6.45, 7) is 12.8. The first-order chi connectivity index (χ1) is 13.5. The van der Waals surface area contributed by atoms with E-state index in [1.165, 1.54) is 5.56 Å². The van der Waals surface area contributed by atoms with Crippen molar-refractivity contribution in [3.63, 3.8) is 0 Å². The van der Waals surface area contributed by atoms with Gasteiger partial charge in [-0.2, -0.15) is 0 Å². The minimum Gasteiger partial charge on any atom is -0.379 e. The van der Waals surface area contributed by atoms with Gasteiger partial charge in [-0.1, -0.05) is 44.2 Å². The van der Waals surface area contributed by atoms with Crippen LogP contribution in [0.15, 0.2) is 35.3 Å². The van der Waals surface area contributed by atoms with Gasteiger partial charge in [-0.25, -0.2) is 0 Å². The van der Waals surface area contributed by atoms with E-state index in [4.69, 9.17) is 9.73 Å². The molecule has 1 aliphatic heterocycles. The lowest BCUT2D eigenvalue weighted by molar-refractivity contribution is 0.00867. The smallest absolute Gasteiger partial charge is 0.191 e. The number of ether oxygens (including phenoxy) is 1. The van der Waals surface area contributed by atoms with E-state index >= 15 is 0 Å². The number of nitrogens with one attached hydrogen (secondary N) is 2. The van der Waals surface area contributed by atoms with Crippen molar-refractivity contribution in [2.75, 3.05) is 60.0 Å². The topological polar surface area (TPSA) is 52.1 Å². The van der Waals surface area contributed by atoms with Crippen molar-refractivity contribution in [1.82, 2.24) is 20.4 Å². The molecule has 0 bridgehead atoms. The Morgan fingerprint density at radius 1 is 1.14 bits per heavy atom. The van der Waals surface area contributed by atoms with Crippen molar-refractivity contribution in [3.8, 4) is 0 Å². The van der Waals surface area contributed by atoms with E-state index in [9.17, 15) is 0 Å². The van der Waals surface area contributed by atoms with Gasteiger partial charge in [0.2, 0.25) is 0 Å². The summed E-state index contributed by atoms with van der Waals surface area (Å²) < 4.78 is 5.52. The minimum atomic E-state index is 0. The second-order valence-electron chi connectivity index (χ2n) is 7.95. The number of morpholine rings is 1. The monoisotopic (exact) mass is 517 g/mol. The summed E-state index contributed by atoms with van der Waals surface area (Å²) >= 11 is 0. The van der Waals surface area contributed by atoms with Gasteiger partial charge in [0.15, 0.2) is 5.96 Å². The molecule has 1 aromatic carbocycles. The molecule has 6 nitrogen and oxygen atoms in total. The van der Waals surface area contributed by atoms with Crippen molar-refractivity contribution in [3.05, 3.63) is 35.9 Å². The summed E-state index contributed by atoms with van der Waals surface area (Å²) in [5, 5.41) is 6.95. The van der Waals surface area contributed by atoms with Crippen LogP contribution in [0, 0.1) is 5.92 Å². The van der Waals surface area contributed by atoms with Crippen LogP contribution in [0.25, 0.3) is 0 Å². The molecule has 1 aromatic rings. The number of likely N-dealkylation sites (N-methyl/N-ethyl adjacent to an activating group) is 1. The molecule has 0 saturated carbocycles. The van der Waals surface area contributed by atoms with Gasteiger partial charge in [-0.3, -0.25) is 9.89 Å². The van der Waals surface area contributed by atoms with Gasteiger partial charge in [0.05, 0.1) is 25.8 Å². The molecule has 166 valence electrons. The van der Waals surface area contributed by atoms with Gasteiger partial charge in [-0.05, 0) is 32.5 Å². The van der Waals surface area contributed by atoms with Gasteiger partial charge >= 0.3 is 0 Å². The van der Waals surface area contributed by atoms with Crippen molar-refractivity contribution in [2.24, 2.45) is 10.9 Å². The number of hydrogen-bond donors (Lipinski definition) is 2. The minimum absolute atomic E-state index is 0. The molecule has 2 N–H and O–H groups in total. The highest BCUT2D eigenvalue weighted by atomic mass is 127. The number of rotatable bonds is 9. The van der Waals surface area contributed by atoms with Gasteiger partial charge in [0.25, 0.3) is 0 Å². The highest BCUT2D eigenvalue weighted by Crippen LogP contribution is 2.17. The second kappa shape index (κ2) is 14.2. The predicted molar refractivity (Wildman–Crippen MR) is 133 cm³/mol. The fourth-order valence-corrected chi connectivity index (χ4v) is 3.65. The summed E-state index contributed by atoms with van der Waals surface area (Å²) in [5.41, 5.74) is 1.31. The Kier molecular flexibility index (Phi) is 12.8. The Labute approximate surface area is 194 Å². The third-order valence-corrected chi connectivity index (χ3v) is 5.34. The number of benzene rings is 1. The average molecular weight is 518 g/mol. The SMILES string of the molecule is CCNC(=NCC(C(C)C)N1CCOCC1)NCC(c1ccccc1)N(C)C.I. The third-order valence-electron chi connectivity index (χ3n) is 5.34. The lowest BCUT2D eigenvalue weighted by Crippen LogP contribution is -2.48. The summed E-state index contributed by atoms with van der Waals surface area (Å²) in [4.78, 5) is 9.70. The molecular formula is C22H40IN5O. The molecule has 0 spiro atoms. The molecular weight excluding hydrogens is 477 g/mol. The molecule has 0 aromatic heterocycles. The van der Waals surface area contributed by atoms with Crippen LogP contribution in [0.2, 0.25) is 0 Å². The maximum Gasteiger partial charge on any atom is 0.191 e. The van der Waals surface area contributed by atoms with Crippen molar-refractivity contribution in [2.45, 2.75) is 32.9 Å². The zero-order chi connectivity index (χ0) is 20.4. The zero-order valence-corrected chi connectivity index (χ0v) is 21.1. The predicted octanol–water partition coefficient (Wildman–Crippen LogP) is 2.82. The molecule has 7 heteroatoms. The summed E-state index contributed by atoms with van der Waals surface area (Å²) in [6, 6.07) is 11.4. The van der Waals surface area contributed by atoms with Crippen LogP contribution in [0.4, 0.5) is 0 Å². The van der Waals surface area contributed by atoms with Crippen LogP contribution in [0.3, 0.4) is 0 Å². The van der Waals surface area contributed by atoms with Gasteiger partial charge in [0, 0.05) is 32.2 Å². The fourth-order valence-electron chi connectivity index (χ4n) is 3.65. The lowest BCUT2D eigenvalue weighted by Gasteiger charge is -2.36. The first-order valence-electron chi connectivity index (χ1n) is 10.6.